The number of nitrogens with one attached hydrogen (secondary N) is 1. The van der Waals surface area contributed by atoms with Gasteiger partial charge in [-0.25, -0.2) is 4.57 Å². The summed E-state index contributed by atoms with van der Waals surface area (Å²) in [6.45, 7) is 2.75. The van der Waals surface area contributed by atoms with E-state index in [2.05, 4.69) is 22.8 Å². The third-order valence-corrected chi connectivity index (χ3v) is 5.27. The maximum absolute atomic E-state index is 10.8. The molecule has 1 fully saturated rings. The molecule has 1 aliphatic heterocycles. The van der Waals surface area contributed by atoms with E-state index in [4.69, 9.17) is 26.1 Å². The van der Waals surface area contributed by atoms with Crippen LogP contribution in [0.1, 0.15) is 51.0 Å². The van der Waals surface area contributed by atoms with Crippen LogP contribution in [0.4, 0.5) is 0 Å². The highest BCUT2D eigenvalue weighted by Crippen LogP contribution is 2.36. The molecule has 0 bridgehead atoms. The van der Waals surface area contributed by atoms with Gasteiger partial charge in [-0.2, -0.15) is 0 Å². The smallest absolute Gasteiger partial charge is 0.469 e. The van der Waals surface area contributed by atoms with Crippen molar-refractivity contribution in [3.8, 4) is 5.75 Å². The Labute approximate surface area is 160 Å². The lowest BCUT2D eigenvalue weighted by molar-refractivity contribution is 0.173. The lowest BCUT2D eigenvalue weighted by Crippen LogP contribution is -2.26. The zero-order chi connectivity index (χ0) is 19.0. The molecule has 8 heteroatoms. The fraction of sp³-hybridized carbons (Fsp3) is 0.667. The molecule has 0 saturated carbocycles. The van der Waals surface area contributed by atoms with E-state index >= 15 is 0 Å². The Bertz CT molecular complexity index is 609. The van der Waals surface area contributed by atoms with E-state index in [0.717, 1.165) is 6.42 Å². The highest BCUT2D eigenvalue weighted by molar-refractivity contribution is 7.46. The second kappa shape index (κ2) is 10.6. The number of unbranched alkanes of at least 4 members (excludes halogenated alkanes) is 4. The normalized spacial score (nSPS) is 20.5. The minimum atomic E-state index is -4.44. The van der Waals surface area contributed by atoms with Crippen molar-refractivity contribution in [2.24, 2.45) is 0 Å². The summed E-state index contributed by atoms with van der Waals surface area (Å²) in [5, 5.41) is 3.74. The molecular formula is C18H29ClNO5P. The second-order valence-electron chi connectivity index (χ2n) is 6.80. The van der Waals surface area contributed by atoms with Crippen molar-refractivity contribution in [3.05, 3.63) is 28.8 Å². The van der Waals surface area contributed by atoms with Crippen LogP contribution < -0.4 is 10.1 Å². The largest absolute Gasteiger partial charge is 0.487 e. The highest BCUT2D eigenvalue weighted by atomic mass is 35.5. The minimum Gasteiger partial charge on any atom is -0.487 e. The van der Waals surface area contributed by atoms with Gasteiger partial charge in [0, 0.05) is 19.0 Å². The van der Waals surface area contributed by atoms with Crippen LogP contribution in [0.2, 0.25) is 5.02 Å². The fourth-order valence-corrected chi connectivity index (χ4v) is 3.72. The average Bonchev–Trinajstić information content (AvgIpc) is 3.02. The molecule has 1 aromatic carbocycles. The van der Waals surface area contributed by atoms with Crippen molar-refractivity contribution in [2.45, 2.75) is 64.0 Å². The summed E-state index contributed by atoms with van der Waals surface area (Å²) in [6, 6.07) is 5.78. The number of benzene rings is 1. The summed E-state index contributed by atoms with van der Waals surface area (Å²) < 4.78 is 21.2. The van der Waals surface area contributed by atoms with Gasteiger partial charge in [0.05, 0.1) is 11.6 Å². The summed E-state index contributed by atoms with van der Waals surface area (Å²) in [5.41, 5.74) is 1.22. The Morgan fingerprint density at radius 1 is 1.27 bits per heavy atom. The van der Waals surface area contributed by atoms with Gasteiger partial charge in [0.2, 0.25) is 0 Å². The molecule has 0 aliphatic carbocycles. The van der Waals surface area contributed by atoms with Crippen LogP contribution in [-0.2, 0) is 15.5 Å². The van der Waals surface area contributed by atoms with Crippen LogP contribution in [0.3, 0.4) is 0 Å². The van der Waals surface area contributed by atoms with Crippen LogP contribution in [0, 0.1) is 0 Å². The Balaban J connectivity index is 1.76. The maximum Gasteiger partial charge on any atom is 0.469 e. The van der Waals surface area contributed by atoms with E-state index in [1.165, 1.54) is 37.7 Å². The number of rotatable bonds is 11. The predicted molar refractivity (Wildman–Crippen MR) is 103 cm³/mol. The first kappa shape index (κ1) is 21.7. The van der Waals surface area contributed by atoms with Gasteiger partial charge in [0.1, 0.15) is 11.9 Å². The topological polar surface area (TPSA) is 88.0 Å². The van der Waals surface area contributed by atoms with Gasteiger partial charge < -0.3 is 19.8 Å². The maximum atomic E-state index is 10.8. The number of phosphoric acid groups is 1. The van der Waals surface area contributed by atoms with Crippen LogP contribution in [0.15, 0.2) is 18.2 Å². The Morgan fingerprint density at radius 3 is 2.73 bits per heavy atom. The first-order valence-corrected chi connectivity index (χ1v) is 11.2. The SMILES string of the molecule is CCCCCCCc1ccc(O[C@@H]2CN[C@H](COP(=O)(O)O)C2)c(Cl)c1. The van der Waals surface area contributed by atoms with E-state index in [-0.39, 0.29) is 18.8 Å². The predicted octanol–water partition coefficient (Wildman–Crippen LogP) is 4.07. The Kier molecular flexibility index (Phi) is 8.88. The first-order chi connectivity index (χ1) is 12.4. The molecule has 1 aliphatic rings. The summed E-state index contributed by atoms with van der Waals surface area (Å²) in [7, 11) is -4.44. The van der Waals surface area contributed by atoms with Gasteiger partial charge in [-0.1, -0.05) is 50.3 Å². The quantitative estimate of drug-likeness (QED) is 0.380. The number of phosphoric ester groups is 1. The number of ether oxygens (including phenoxy) is 1. The van der Waals surface area contributed by atoms with Gasteiger partial charge in [0.15, 0.2) is 0 Å². The monoisotopic (exact) mass is 405 g/mol. The number of hydrogen-bond acceptors (Lipinski definition) is 4. The van der Waals surface area contributed by atoms with Crippen LogP contribution in [-0.4, -0.2) is 35.1 Å². The molecule has 26 heavy (non-hydrogen) atoms. The molecule has 1 saturated heterocycles. The summed E-state index contributed by atoms with van der Waals surface area (Å²) in [4.78, 5) is 17.5. The molecule has 3 N–H and O–H groups in total. The molecule has 0 unspecified atom stereocenters. The minimum absolute atomic E-state index is 0.0468. The van der Waals surface area contributed by atoms with E-state index in [1.807, 2.05) is 12.1 Å². The highest BCUT2D eigenvalue weighted by Gasteiger charge is 2.28. The lowest BCUT2D eigenvalue weighted by atomic mass is 10.1. The molecule has 0 amide bonds. The molecule has 1 aromatic rings. The standard InChI is InChI=1S/C18H29ClNO5P/c1-2-3-4-5-6-7-14-8-9-18(17(19)10-14)25-16-11-15(20-12-16)13-24-26(21,22)23/h8-10,15-16,20H,2-7,11-13H2,1H3,(H2,21,22,23)/t15-,16-/m0/s1. The number of aryl methyl sites for hydroxylation is 1. The van der Waals surface area contributed by atoms with Gasteiger partial charge >= 0.3 is 7.82 Å². The Hall–Kier alpha value is -0.620. The number of halogens is 1. The van der Waals surface area contributed by atoms with Crippen molar-refractivity contribution >= 4 is 19.4 Å². The molecule has 6 nitrogen and oxygen atoms in total. The zero-order valence-corrected chi connectivity index (χ0v) is 16.8. The summed E-state index contributed by atoms with van der Waals surface area (Å²) in [6.07, 6.45) is 7.78. The molecule has 0 radical (unpaired) electrons. The van der Waals surface area contributed by atoms with E-state index in [0.29, 0.717) is 23.7 Å². The summed E-state index contributed by atoms with van der Waals surface area (Å²) in [5.74, 6) is 0.643. The van der Waals surface area contributed by atoms with E-state index in [9.17, 15) is 4.57 Å². The molecule has 0 spiro atoms. The molecule has 148 valence electrons. The average molecular weight is 406 g/mol. The van der Waals surface area contributed by atoms with Crippen molar-refractivity contribution in [1.82, 2.24) is 5.32 Å². The number of hydrogen-bond donors (Lipinski definition) is 3. The van der Waals surface area contributed by atoms with Crippen molar-refractivity contribution < 1.29 is 23.6 Å². The second-order valence-corrected chi connectivity index (χ2v) is 8.44. The molecule has 1 heterocycles. The third-order valence-electron chi connectivity index (χ3n) is 4.48. The molecule has 2 rings (SSSR count). The molecule has 2 atom stereocenters. The lowest BCUT2D eigenvalue weighted by Gasteiger charge is -2.15. The fourth-order valence-electron chi connectivity index (χ4n) is 3.09. The van der Waals surface area contributed by atoms with Gasteiger partial charge in [-0.15, -0.1) is 0 Å². The zero-order valence-electron chi connectivity index (χ0n) is 15.2. The van der Waals surface area contributed by atoms with Crippen molar-refractivity contribution in [2.75, 3.05) is 13.2 Å². The van der Waals surface area contributed by atoms with Crippen LogP contribution in [0.25, 0.3) is 0 Å². The van der Waals surface area contributed by atoms with Crippen LogP contribution in [0.5, 0.6) is 5.75 Å². The Morgan fingerprint density at radius 2 is 2.04 bits per heavy atom. The van der Waals surface area contributed by atoms with Gasteiger partial charge in [0.25, 0.3) is 0 Å². The van der Waals surface area contributed by atoms with E-state index in [1.54, 1.807) is 0 Å². The van der Waals surface area contributed by atoms with E-state index < -0.39 is 7.82 Å². The first-order valence-electron chi connectivity index (χ1n) is 9.26. The van der Waals surface area contributed by atoms with Crippen LogP contribution >= 0.6 is 19.4 Å². The third kappa shape index (κ3) is 7.95. The van der Waals surface area contributed by atoms with Gasteiger partial charge in [-0.05, 0) is 30.5 Å². The van der Waals surface area contributed by atoms with Crippen molar-refractivity contribution in [1.29, 1.82) is 0 Å². The van der Waals surface area contributed by atoms with Gasteiger partial charge in [-0.3, -0.25) is 4.52 Å². The molecular weight excluding hydrogens is 377 g/mol. The van der Waals surface area contributed by atoms with Crippen molar-refractivity contribution in [3.63, 3.8) is 0 Å². The molecule has 0 aromatic heterocycles. The summed E-state index contributed by atoms with van der Waals surface area (Å²) >= 11 is 6.35.